The standard InChI is InChI=1S/C19H20BrN3O2/c1-25-18-8-13(12-24)15(10-16(18)20)17-11-23-7-4-14(9-19(23)21-17)22-5-2-3-6-22/h4,7-11,24H,2-3,5-6,12H2,1H3. The van der Waals surface area contributed by atoms with Gasteiger partial charge in [0, 0.05) is 42.8 Å². The molecule has 0 aliphatic carbocycles. The number of ether oxygens (including phenoxy) is 1. The summed E-state index contributed by atoms with van der Waals surface area (Å²) in [5, 5.41) is 9.74. The molecule has 0 saturated carbocycles. The summed E-state index contributed by atoms with van der Waals surface area (Å²) in [6.45, 7) is 2.17. The molecule has 2 aromatic heterocycles. The Hall–Kier alpha value is -2.05. The van der Waals surface area contributed by atoms with Gasteiger partial charge in [0.15, 0.2) is 0 Å². The van der Waals surface area contributed by atoms with Crippen molar-refractivity contribution in [3.8, 4) is 17.0 Å². The third kappa shape index (κ3) is 3.00. The number of hydrogen-bond acceptors (Lipinski definition) is 4. The molecule has 25 heavy (non-hydrogen) atoms. The second-order valence-electron chi connectivity index (χ2n) is 6.27. The number of fused-ring (bicyclic) bond motifs is 1. The number of nitrogens with zero attached hydrogens (tertiary/aromatic N) is 3. The van der Waals surface area contributed by atoms with E-state index < -0.39 is 0 Å². The number of pyridine rings is 1. The van der Waals surface area contributed by atoms with Crippen LogP contribution in [0, 0.1) is 0 Å². The highest BCUT2D eigenvalue weighted by Gasteiger charge is 2.16. The second kappa shape index (κ2) is 6.69. The average Bonchev–Trinajstić information content (AvgIpc) is 3.30. The third-order valence-corrected chi connectivity index (χ3v) is 5.36. The molecule has 1 aliphatic heterocycles. The summed E-state index contributed by atoms with van der Waals surface area (Å²) in [6, 6.07) is 8.07. The molecule has 3 aromatic rings. The highest BCUT2D eigenvalue weighted by Crippen LogP contribution is 2.34. The fourth-order valence-corrected chi connectivity index (χ4v) is 3.90. The Labute approximate surface area is 155 Å². The van der Waals surface area contributed by atoms with Crippen LogP contribution in [0.1, 0.15) is 18.4 Å². The number of hydrogen-bond donors (Lipinski definition) is 1. The lowest BCUT2D eigenvalue weighted by molar-refractivity contribution is 0.281. The summed E-state index contributed by atoms with van der Waals surface area (Å²) < 4.78 is 8.19. The summed E-state index contributed by atoms with van der Waals surface area (Å²) in [7, 11) is 1.62. The van der Waals surface area contributed by atoms with Crippen molar-refractivity contribution in [2.24, 2.45) is 0 Å². The van der Waals surface area contributed by atoms with Crippen LogP contribution in [0.15, 0.2) is 41.1 Å². The fraction of sp³-hybridized carbons (Fsp3) is 0.316. The maximum atomic E-state index is 9.74. The van der Waals surface area contributed by atoms with Crippen LogP contribution < -0.4 is 9.64 Å². The van der Waals surface area contributed by atoms with E-state index in [-0.39, 0.29) is 6.61 Å². The molecule has 5 nitrogen and oxygen atoms in total. The van der Waals surface area contributed by atoms with Crippen LogP contribution in [0.4, 0.5) is 5.69 Å². The maximum absolute atomic E-state index is 9.74. The number of imidazole rings is 1. The predicted molar refractivity (Wildman–Crippen MR) is 102 cm³/mol. The van der Waals surface area contributed by atoms with Gasteiger partial charge in [-0.1, -0.05) is 0 Å². The van der Waals surface area contributed by atoms with E-state index in [0.29, 0.717) is 5.75 Å². The summed E-state index contributed by atoms with van der Waals surface area (Å²) in [6.07, 6.45) is 6.56. The summed E-state index contributed by atoms with van der Waals surface area (Å²) >= 11 is 3.52. The molecule has 0 bridgehead atoms. The first-order valence-electron chi connectivity index (χ1n) is 8.41. The molecule has 1 fully saturated rings. The Morgan fingerprint density at radius 3 is 2.76 bits per heavy atom. The molecular weight excluding hydrogens is 382 g/mol. The van der Waals surface area contributed by atoms with E-state index in [2.05, 4.69) is 39.2 Å². The van der Waals surface area contributed by atoms with Crippen molar-refractivity contribution < 1.29 is 9.84 Å². The van der Waals surface area contributed by atoms with E-state index >= 15 is 0 Å². The SMILES string of the molecule is COc1cc(CO)c(-c2cn3ccc(N4CCCC4)cc3n2)cc1Br. The van der Waals surface area contributed by atoms with E-state index in [1.807, 2.05) is 22.7 Å². The van der Waals surface area contributed by atoms with Gasteiger partial charge in [-0.2, -0.15) is 0 Å². The fourth-order valence-electron chi connectivity index (χ4n) is 3.39. The molecule has 1 aliphatic rings. The topological polar surface area (TPSA) is 50.0 Å². The first-order valence-corrected chi connectivity index (χ1v) is 9.20. The minimum absolute atomic E-state index is 0.0636. The minimum Gasteiger partial charge on any atom is -0.496 e. The molecule has 1 aromatic carbocycles. The summed E-state index contributed by atoms with van der Waals surface area (Å²) in [5.74, 6) is 0.702. The highest BCUT2D eigenvalue weighted by molar-refractivity contribution is 9.10. The number of benzene rings is 1. The molecule has 0 radical (unpaired) electrons. The van der Waals surface area contributed by atoms with Crippen LogP contribution in [0.3, 0.4) is 0 Å². The lowest BCUT2D eigenvalue weighted by Gasteiger charge is -2.17. The zero-order chi connectivity index (χ0) is 17.4. The van der Waals surface area contributed by atoms with Gasteiger partial charge >= 0.3 is 0 Å². The van der Waals surface area contributed by atoms with Crippen LogP contribution >= 0.6 is 15.9 Å². The lowest BCUT2D eigenvalue weighted by atomic mass is 10.1. The van der Waals surface area contributed by atoms with Gasteiger partial charge in [-0.3, -0.25) is 0 Å². The Bertz CT molecular complexity index is 916. The van der Waals surface area contributed by atoms with E-state index in [4.69, 9.17) is 9.72 Å². The molecule has 6 heteroatoms. The smallest absolute Gasteiger partial charge is 0.139 e. The summed E-state index contributed by atoms with van der Waals surface area (Å²) in [5.41, 5.74) is 4.67. The Morgan fingerprint density at radius 2 is 2.04 bits per heavy atom. The lowest BCUT2D eigenvalue weighted by Crippen LogP contribution is -2.17. The third-order valence-electron chi connectivity index (χ3n) is 4.74. The van der Waals surface area contributed by atoms with E-state index in [9.17, 15) is 5.11 Å². The normalized spacial score (nSPS) is 14.4. The molecule has 0 unspecified atom stereocenters. The number of methoxy groups -OCH3 is 1. The Kier molecular flexibility index (Phi) is 4.39. The monoisotopic (exact) mass is 401 g/mol. The molecule has 3 heterocycles. The zero-order valence-electron chi connectivity index (χ0n) is 14.1. The van der Waals surface area contributed by atoms with Crippen molar-refractivity contribution in [1.29, 1.82) is 0 Å². The van der Waals surface area contributed by atoms with Crippen LogP contribution in [-0.4, -0.2) is 34.7 Å². The number of aromatic nitrogens is 2. The van der Waals surface area contributed by atoms with Gasteiger partial charge in [-0.05, 0) is 52.5 Å². The first kappa shape index (κ1) is 16.4. The molecular formula is C19H20BrN3O2. The molecule has 1 saturated heterocycles. The highest BCUT2D eigenvalue weighted by atomic mass is 79.9. The first-order chi connectivity index (χ1) is 12.2. The van der Waals surface area contributed by atoms with Crippen molar-refractivity contribution in [2.75, 3.05) is 25.1 Å². The van der Waals surface area contributed by atoms with Crippen LogP contribution in [0.25, 0.3) is 16.9 Å². The molecule has 130 valence electrons. The van der Waals surface area contributed by atoms with Crippen molar-refractivity contribution in [3.05, 3.63) is 46.7 Å². The zero-order valence-corrected chi connectivity index (χ0v) is 15.7. The number of halogens is 1. The molecule has 0 amide bonds. The summed E-state index contributed by atoms with van der Waals surface area (Å²) in [4.78, 5) is 7.18. The van der Waals surface area contributed by atoms with Gasteiger partial charge < -0.3 is 19.1 Å². The minimum atomic E-state index is -0.0636. The van der Waals surface area contributed by atoms with Crippen molar-refractivity contribution in [2.45, 2.75) is 19.4 Å². The van der Waals surface area contributed by atoms with E-state index in [1.165, 1.54) is 18.5 Å². The van der Waals surface area contributed by atoms with Gasteiger partial charge in [0.2, 0.25) is 0 Å². The van der Waals surface area contributed by atoms with Crippen LogP contribution in [0.5, 0.6) is 5.75 Å². The van der Waals surface area contributed by atoms with E-state index in [0.717, 1.165) is 40.0 Å². The molecule has 4 rings (SSSR count). The van der Waals surface area contributed by atoms with Crippen LogP contribution in [0.2, 0.25) is 0 Å². The maximum Gasteiger partial charge on any atom is 0.139 e. The van der Waals surface area contributed by atoms with Crippen molar-refractivity contribution >= 4 is 27.3 Å². The predicted octanol–water partition coefficient (Wildman–Crippen LogP) is 3.86. The number of rotatable bonds is 4. The van der Waals surface area contributed by atoms with E-state index in [1.54, 1.807) is 7.11 Å². The number of anilines is 1. The number of aliphatic hydroxyl groups is 1. The molecule has 0 atom stereocenters. The molecule has 1 N–H and O–H groups in total. The average molecular weight is 402 g/mol. The quantitative estimate of drug-likeness (QED) is 0.720. The van der Waals surface area contributed by atoms with Crippen molar-refractivity contribution in [3.63, 3.8) is 0 Å². The van der Waals surface area contributed by atoms with Gasteiger partial charge in [0.05, 0.1) is 23.9 Å². The Morgan fingerprint density at radius 1 is 1.24 bits per heavy atom. The number of aliphatic hydroxyl groups excluding tert-OH is 1. The molecule has 0 spiro atoms. The van der Waals surface area contributed by atoms with Gasteiger partial charge in [-0.25, -0.2) is 4.98 Å². The van der Waals surface area contributed by atoms with Gasteiger partial charge in [-0.15, -0.1) is 0 Å². The van der Waals surface area contributed by atoms with Gasteiger partial charge in [0.1, 0.15) is 11.4 Å². The second-order valence-corrected chi connectivity index (χ2v) is 7.13. The largest absolute Gasteiger partial charge is 0.496 e. The Balaban J connectivity index is 1.78. The van der Waals surface area contributed by atoms with Crippen LogP contribution in [-0.2, 0) is 6.61 Å². The van der Waals surface area contributed by atoms with Gasteiger partial charge in [0.25, 0.3) is 0 Å². The van der Waals surface area contributed by atoms with Crippen molar-refractivity contribution in [1.82, 2.24) is 9.38 Å².